The van der Waals surface area contributed by atoms with Crippen LogP contribution in [0.1, 0.15) is 13.2 Å². The molecule has 100 valence electrons. The second-order valence-electron chi connectivity index (χ2n) is 4.23. The molecule has 0 saturated carbocycles. The number of ether oxygens (including phenoxy) is 1. The minimum Gasteiger partial charge on any atom is -0.391 e. The van der Waals surface area contributed by atoms with Crippen LogP contribution in [0.25, 0.3) is 0 Å². The van der Waals surface area contributed by atoms with Crippen molar-refractivity contribution in [2.24, 2.45) is 0 Å². The Labute approximate surface area is 107 Å². The van der Waals surface area contributed by atoms with Crippen LogP contribution < -0.4 is 5.56 Å². The van der Waals surface area contributed by atoms with E-state index in [-0.39, 0.29) is 10.3 Å². The van der Waals surface area contributed by atoms with Gasteiger partial charge in [-0.15, -0.1) is 0 Å². The number of hydrogen-bond acceptors (Lipinski definition) is 6. The SMILES string of the molecule is CC(O)C1OC(n2ccc(=O)[nH]c2=S)C(O)C1O. The summed E-state index contributed by atoms with van der Waals surface area (Å²) in [6, 6.07) is 1.23. The van der Waals surface area contributed by atoms with Gasteiger partial charge in [-0.2, -0.15) is 0 Å². The molecule has 0 amide bonds. The van der Waals surface area contributed by atoms with E-state index in [1.807, 2.05) is 0 Å². The van der Waals surface area contributed by atoms with Crippen molar-refractivity contribution in [2.75, 3.05) is 0 Å². The van der Waals surface area contributed by atoms with E-state index in [1.54, 1.807) is 0 Å². The van der Waals surface area contributed by atoms with Gasteiger partial charge in [0.1, 0.15) is 18.3 Å². The summed E-state index contributed by atoms with van der Waals surface area (Å²) in [4.78, 5) is 13.4. The minimum atomic E-state index is -1.23. The third-order valence-corrected chi connectivity index (χ3v) is 3.19. The first-order chi connectivity index (χ1) is 8.41. The van der Waals surface area contributed by atoms with E-state index in [2.05, 4.69) is 4.98 Å². The summed E-state index contributed by atoms with van der Waals surface area (Å²) < 4.78 is 6.78. The highest BCUT2D eigenvalue weighted by molar-refractivity contribution is 7.71. The summed E-state index contributed by atoms with van der Waals surface area (Å²) in [5.74, 6) is 0. The average Bonchev–Trinajstić information content (AvgIpc) is 2.57. The number of nitrogens with zero attached hydrogens (tertiary/aromatic N) is 1. The molecule has 0 aromatic carbocycles. The van der Waals surface area contributed by atoms with Crippen LogP contribution in [-0.2, 0) is 4.74 Å². The zero-order valence-corrected chi connectivity index (χ0v) is 10.4. The van der Waals surface area contributed by atoms with Crippen LogP contribution in [0, 0.1) is 4.77 Å². The quantitative estimate of drug-likeness (QED) is 0.510. The lowest BCUT2D eigenvalue weighted by Crippen LogP contribution is -2.37. The molecule has 0 bridgehead atoms. The van der Waals surface area contributed by atoms with Crippen molar-refractivity contribution in [3.8, 4) is 0 Å². The Morgan fingerprint density at radius 1 is 1.50 bits per heavy atom. The van der Waals surface area contributed by atoms with Gasteiger partial charge in [-0.05, 0) is 19.1 Å². The third-order valence-electron chi connectivity index (χ3n) is 2.88. The van der Waals surface area contributed by atoms with Gasteiger partial charge in [0.25, 0.3) is 5.56 Å². The molecule has 0 radical (unpaired) electrons. The van der Waals surface area contributed by atoms with Gasteiger partial charge < -0.3 is 20.1 Å². The summed E-state index contributed by atoms with van der Waals surface area (Å²) in [7, 11) is 0. The minimum absolute atomic E-state index is 0.0741. The Bertz CT molecular complexity index is 540. The van der Waals surface area contributed by atoms with Gasteiger partial charge in [-0.1, -0.05) is 0 Å². The standard InChI is InChI=1S/C10H14N2O5S/c1-4(13)8-6(15)7(16)9(17-8)12-3-2-5(14)11-10(12)18/h2-4,6-9,13,15-16H,1H3,(H,11,14,18). The Kier molecular flexibility index (Phi) is 3.64. The molecule has 2 rings (SSSR count). The van der Waals surface area contributed by atoms with Gasteiger partial charge in [-0.25, -0.2) is 0 Å². The van der Waals surface area contributed by atoms with Crippen molar-refractivity contribution in [2.45, 2.75) is 37.6 Å². The number of nitrogens with one attached hydrogen (secondary N) is 1. The van der Waals surface area contributed by atoms with Crippen molar-refractivity contribution in [3.05, 3.63) is 27.4 Å². The van der Waals surface area contributed by atoms with E-state index >= 15 is 0 Å². The number of hydrogen-bond donors (Lipinski definition) is 4. The van der Waals surface area contributed by atoms with Crippen LogP contribution in [0.15, 0.2) is 17.1 Å². The molecular weight excluding hydrogens is 260 g/mol. The van der Waals surface area contributed by atoms with Crippen molar-refractivity contribution in [1.82, 2.24) is 9.55 Å². The van der Waals surface area contributed by atoms with Gasteiger partial charge in [0, 0.05) is 12.3 Å². The first kappa shape index (κ1) is 13.4. The van der Waals surface area contributed by atoms with Gasteiger partial charge >= 0.3 is 0 Å². The average molecular weight is 274 g/mol. The lowest BCUT2D eigenvalue weighted by molar-refractivity contribution is -0.0798. The van der Waals surface area contributed by atoms with Gasteiger partial charge in [0.15, 0.2) is 11.0 Å². The highest BCUT2D eigenvalue weighted by Crippen LogP contribution is 2.30. The Balaban J connectivity index is 2.35. The van der Waals surface area contributed by atoms with E-state index in [1.165, 1.54) is 23.8 Å². The molecule has 5 unspecified atom stereocenters. The van der Waals surface area contributed by atoms with Crippen LogP contribution in [0.2, 0.25) is 0 Å². The molecule has 1 aromatic rings. The lowest BCUT2D eigenvalue weighted by atomic mass is 10.1. The van der Waals surface area contributed by atoms with Crippen LogP contribution in [0.4, 0.5) is 0 Å². The molecule has 1 aromatic heterocycles. The number of rotatable bonds is 2. The maximum Gasteiger partial charge on any atom is 0.251 e. The summed E-state index contributed by atoms with van der Waals surface area (Å²) in [5.41, 5.74) is -0.364. The molecule has 1 fully saturated rings. The normalized spacial score (nSPS) is 33.6. The molecule has 18 heavy (non-hydrogen) atoms. The van der Waals surface area contributed by atoms with E-state index in [0.29, 0.717) is 0 Å². The first-order valence-electron chi connectivity index (χ1n) is 5.43. The first-order valence-corrected chi connectivity index (χ1v) is 5.84. The van der Waals surface area contributed by atoms with Crippen molar-refractivity contribution in [1.29, 1.82) is 0 Å². The fourth-order valence-corrected chi connectivity index (χ4v) is 2.21. The van der Waals surface area contributed by atoms with Crippen molar-refractivity contribution in [3.63, 3.8) is 0 Å². The molecule has 5 atom stereocenters. The molecular formula is C10H14N2O5S. The largest absolute Gasteiger partial charge is 0.391 e. The van der Waals surface area contributed by atoms with Gasteiger partial charge in [0.05, 0.1) is 6.10 Å². The van der Waals surface area contributed by atoms with E-state index in [4.69, 9.17) is 17.0 Å². The summed E-state index contributed by atoms with van der Waals surface area (Å²) >= 11 is 4.94. The molecule has 1 aliphatic rings. The van der Waals surface area contributed by atoms with E-state index < -0.39 is 30.6 Å². The van der Waals surface area contributed by atoms with Gasteiger partial charge in [-0.3, -0.25) is 14.3 Å². The highest BCUT2D eigenvalue weighted by Gasteiger charge is 2.45. The zero-order chi connectivity index (χ0) is 13.4. The highest BCUT2D eigenvalue weighted by atomic mass is 32.1. The Morgan fingerprint density at radius 2 is 2.17 bits per heavy atom. The van der Waals surface area contributed by atoms with E-state index in [0.717, 1.165) is 0 Å². The smallest absolute Gasteiger partial charge is 0.251 e. The van der Waals surface area contributed by atoms with E-state index in [9.17, 15) is 20.1 Å². The topological polar surface area (TPSA) is 108 Å². The summed E-state index contributed by atoms with van der Waals surface area (Å²) in [5, 5.41) is 29.1. The third kappa shape index (κ3) is 2.25. The van der Waals surface area contributed by atoms with Crippen LogP contribution >= 0.6 is 12.2 Å². The van der Waals surface area contributed by atoms with Crippen LogP contribution in [0.5, 0.6) is 0 Å². The second-order valence-corrected chi connectivity index (χ2v) is 4.62. The summed E-state index contributed by atoms with van der Waals surface area (Å²) in [6.45, 7) is 1.45. The number of aromatic nitrogens is 2. The molecule has 2 heterocycles. The number of aliphatic hydroxyl groups excluding tert-OH is 3. The summed E-state index contributed by atoms with van der Waals surface area (Å²) in [6.07, 6.45) is -3.86. The van der Waals surface area contributed by atoms with Crippen LogP contribution in [-0.4, -0.2) is 49.3 Å². The molecule has 1 aliphatic heterocycles. The maximum absolute atomic E-state index is 11.0. The molecule has 0 spiro atoms. The maximum atomic E-state index is 11.0. The second kappa shape index (κ2) is 4.90. The number of aromatic amines is 1. The fraction of sp³-hybridized carbons (Fsp3) is 0.600. The Morgan fingerprint density at radius 3 is 2.67 bits per heavy atom. The Hall–Kier alpha value is -1.06. The zero-order valence-electron chi connectivity index (χ0n) is 9.56. The van der Waals surface area contributed by atoms with Gasteiger partial charge in [0.2, 0.25) is 0 Å². The predicted molar refractivity (Wildman–Crippen MR) is 63.5 cm³/mol. The number of aliphatic hydroxyl groups is 3. The fourth-order valence-electron chi connectivity index (χ4n) is 1.94. The number of H-pyrrole nitrogens is 1. The molecule has 8 heteroatoms. The van der Waals surface area contributed by atoms with Crippen molar-refractivity contribution >= 4 is 12.2 Å². The molecule has 4 N–H and O–H groups in total. The predicted octanol–water partition coefficient (Wildman–Crippen LogP) is -1.09. The monoisotopic (exact) mass is 274 g/mol. The van der Waals surface area contributed by atoms with Crippen molar-refractivity contribution < 1.29 is 20.1 Å². The lowest BCUT2D eigenvalue weighted by Gasteiger charge is -2.18. The molecule has 1 saturated heterocycles. The molecule has 7 nitrogen and oxygen atoms in total. The molecule has 0 aliphatic carbocycles. The van der Waals surface area contributed by atoms with Crippen LogP contribution in [0.3, 0.4) is 0 Å².